The third-order valence-electron chi connectivity index (χ3n) is 6.39. The Hall–Kier alpha value is -3.50. The maximum atomic E-state index is 14.8. The topological polar surface area (TPSA) is 89.9 Å². The third kappa shape index (κ3) is 5.30. The van der Waals surface area contributed by atoms with Crippen LogP contribution in [0.1, 0.15) is 35.8 Å². The van der Waals surface area contributed by atoms with E-state index in [1.807, 2.05) is 0 Å². The lowest BCUT2D eigenvalue weighted by molar-refractivity contribution is -0.143. The summed E-state index contributed by atoms with van der Waals surface area (Å²) in [6.45, 7) is 2.39. The number of carbonyl (C=O) groups excluding carboxylic acids is 3. The van der Waals surface area contributed by atoms with Crippen molar-refractivity contribution >= 4 is 40.3 Å². The van der Waals surface area contributed by atoms with E-state index in [1.165, 1.54) is 33.1 Å². The standard InChI is InChI=1S/C26H26ClF2N3O5/c1-14(16-8-6-9-19(27)23(16)29)30-26(35)37-25-24(36-3)20(28)12-32(25)22(34)13-31-11-18(15(2)33)17-7-4-5-10-21(17)31/h4-11,14,20,24-25H,12-13H2,1-3H3,(H,30,35)/t14-,20-,24+,25-/m0/s1. The van der Waals surface area contributed by atoms with Gasteiger partial charge < -0.3 is 24.3 Å². The quantitative estimate of drug-likeness (QED) is 0.447. The minimum atomic E-state index is -1.61. The zero-order valence-corrected chi connectivity index (χ0v) is 21.2. The highest BCUT2D eigenvalue weighted by atomic mass is 35.5. The molecule has 2 amide bonds. The van der Waals surface area contributed by atoms with Gasteiger partial charge in [0.05, 0.1) is 17.6 Å². The number of Topliss-reactive ketones (excluding diaryl/α,β-unsaturated/α-hetero) is 1. The number of ether oxygens (including phenoxy) is 2. The fourth-order valence-electron chi connectivity index (χ4n) is 4.54. The second-order valence-electron chi connectivity index (χ2n) is 8.81. The molecule has 8 nitrogen and oxygen atoms in total. The van der Waals surface area contributed by atoms with E-state index in [-0.39, 0.29) is 29.5 Å². The highest BCUT2D eigenvalue weighted by molar-refractivity contribution is 6.30. The lowest BCUT2D eigenvalue weighted by Crippen LogP contribution is -2.46. The molecule has 0 saturated carbocycles. The van der Waals surface area contributed by atoms with E-state index in [0.717, 1.165) is 4.90 Å². The molecule has 0 radical (unpaired) electrons. The number of para-hydroxylation sites is 1. The van der Waals surface area contributed by atoms with Gasteiger partial charge in [0.2, 0.25) is 12.1 Å². The van der Waals surface area contributed by atoms with Crippen LogP contribution in [0, 0.1) is 5.82 Å². The van der Waals surface area contributed by atoms with Gasteiger partial charge in [0.15, 0.2) is 5.78 Å². The number of alkyl halides is 1. The molecule has 0 unspecified atom stereocenters. The number of aromatic nitrogens is 1. The molecule has 2 aromatic carbocycles. The van der Waals surface area contributed by atoms with Gasteiger partial charge >= 0.3 is 6.09 Å². The number of nitrogens with zero attached hydrogens (tertiary/aromatic N) is 2. The first-order valence-electron chi connectivity index (χ1n) is 11.6. The molecule has 2 heterocycles. The molecule has 1 N–H and O–H groups in total. The van der Waals surface area contributed by atoms with Gasteiger partial charge in [-0.2, -0.15) is 0 Å². The Balaban J connectivity index is 1.52. The van der Waals surface area contributed by atoms with Gasteiger partial charge in [-0.15, -0.1) is 0 Å². The summed E-state index contributed by atoms with van der Waals surface area (Å²) in [5.74, 6) is -1.38. The number of ketones is 1. The van der Waals surface area contributed by atoms with Crippen LogP contribution in [-0.4, -0.2) is 59.4 Å². The summed E-state index contributed by atoms with van der Waals surface area (Å²) in [4.78, 5) is 39.1. The molecule has 196 valence electrons. The second kappa shape index (κ2) is 10.9. The fourth-order valence-corrected chi connectivity index (χ4v) is 4.72. The Morgan fingerprint density at radius 3 is 2.62 bits per heavy atom. The Morgan fingerprint density at radius 2 is 1.92 bits per heavy atom. The average Bonchev–Trinajstić information content (AvgIpc) is 3.38. The van der Waals surface area contributed by atoms with Gasteiger partial charge in [-0.3, -0.25) is 9.59 Å². The van der Waals surface area contributed by atoms with Gasteiger partial charge in [0.25, 0.3) is 0 Å². The van der Waals surface area contributed by atoms with Crippen LogP contribution in [0.2, 0.25) is 5.02 Å². The number of rotatable bonds is 7. The predicted molar refractivity (Wildman–Crippen MR) is 133 cm³/mol. The molecule has 3 aromatic rings. The van der Waals surface area contributed by atoms with Crippen molar-refractivity contribution in [2.45, 2.75) is 44.9 Å². The van der Waals surface area contributed by atoms with Gasteiger partial charge in [0.1, 0.15) is 24.6 Å². The van der Waals surface area contributed by atoms with Crippen LogP contribution in [-0.2, 0) is 20.8 Å². The van der Waals surface area contributed by atoms with Crippen LogP contribution >= 0.6 is 11.6 Å². The van der Waals surface area contributed by atoms with Gasteiger partial charge in [-0.1, -0.05) is 41.9 Å². The van der Waals surface area contributed by atoms with Gasteiger partial charge in [0, 0.05) is 35.3 Å². The molecule has 1 aromatic heterocycles. The molecular weight excluding hydrogens is 508 g/mol. The first-order valence-corrected chi connectivity index (χ1v) is 12.0. The SMILES string of the molecule is CO[C@@H]1[C@@H](F)CN(C(=O)Cn2cc(C(C)=O)c3ccccc32)[C@H]1OC(=O)N[C@@H](C)c1cccc(Cl)c1F. The summed E-state index contributed by atoms with van der Waals surface area (Å²) < 4.78 is 41.3. The number of nitrogens with one attached hydrogen (secondary N) is 1. The number of carbonyl (C=O) groups is 3. The van der Waals surface area contributed by atoms with Crippen molar-refractivity contribution in [3.05, 3.63) is 70.6 Å². The molecular formula is C26H26ClF2N3O5. The summed E-state index contributed by atoms with van der Waals surface area (Å²) in [5, 5.41) is 3.07. The number of likely N-dealkylation sites (tertiary alicyclic amines) is 1. The van der Waals surface area contributed by atoms with E-state index >= 15 is 0 Å². The van der Waals surface area contributed by atoms with Crippen molar-refractivity contribution in [3.63, 3.8) is 0 Å². The number of fused-ring (bicyclic) bond motifs is 1. The molecule has 4 rings (SSSR count). The van der Waals surface area contributed by atoms with Crippen molar-refractivity contribution in [1.29, 1.82) is 0 Å². The summed E-state index contributed by atoms with van der Waals surface area (Å²) in [7, 11) is 1.25. The summed E-state index contributed by atoms with van der Waals surface area (Å²) >= 11 is 5.82. The number of hydrogen-bond acceptors (Lipinski definition) is 5. The Kier molecular flexibility index (Phi) is 7.79. The first-order chi connectivity index (χ1) is 17.6. The summed E-state index contributed by atoms with van der Waals surface area (Å²) in [6, 6.07) is 10.7. The second-order valence-corrected chi connectivity index (χ2v) is 9.22. The number of hydrogen-bond donors (Lipinski definition) is 1. The maximum absolute atomic E-state index is 14.8. The molecule has 0 bridgehead atoms. The fraction of sp³-hybridized carbons (Fsp3) is 0.346. The molecule has 4 atom stereocenters. The first kappa shape index (κ1) is 26.6. The number of halogens is 3. The van der Waals surface area contributed by atoms with Crippen LogP contribution in [0.25, 0.3) is 10.9 Å². The van der Waals surface area contributed by atoms with Crippen LogP contribution in [0.5, 0.6) is 0 Å². The highest BCUT2D eigenvalue weighted by Crippen LogP contribution is 2.28. The molecule has 0 aliphatic carbocycles. The van der Waals surface area contributed by atoms with Crippen molar-refractivity contribution in [3.8, 4) is 0 Å². The van der Waals surface area contributed by atoms with Crippen molar-refractivity contribution in [1.82, 2.24) is 14.8 Å². The van der Waals surface area contributed by atoms with E-state index in [9.17, 15) is 23.2 Å². The molecule has 1 aliphatic rings. The zero-order valence-electron chi connectivity index (χ0n) is 20.4. The highest BCUT2D eigenvalue weighted by Gasteiger charge is 2.47. The summed E-state index contributed by atoms with van der Waals surface area (Å²) in [6.07, 6.45) is -3.61. The van der Waals surface area contributed by atoms with Crippen LogP contribution in [0.3, 0.4) is 0 Å². The molecule has 37 heavy (non-hydrogen) atoms. The smallest absolute Gasteiger partial charge is 0.409 e. The van der Waals surface area contributed by atoms with E-state index in [0.29, 0.717) is 16.5 Å². The number of benzene rings is 2. The Morgan fingerprint density at radius 1 is 1.19 bits per heavy atom. The van der Waals surface area contributed by atoms with Gasteiger partial charge in [-0.05, 0) is 26.0 Å². The minimum Gasteiger partial charge on any atom is -0.422 e. The van der Waals surface area contributed by atoms with Crippen LogP contribution < -0.4 is 5.32 Å². The monoisotopic (exact) mass is 533 g/mol. The lowest BCUT2D eigenvalue weighted by atomic mass is 10.1. The van der Waals surface area contributed by atoms with Crippen LogP contribution in [0.4, 0.5) is 13.6 Å². The zero-order chi connectivity index (χ0) is 26.9. The molecule has 0 spiro atoms. The van der Waals surface area contributed by atoms with Crippen LogP contribution in [0.15, 0.2) is 48.7 Å². The third-order valence-corrected chi connectivity index (χ3v) is 6.68. The largest absolute Gasteiger partial charge is 0.422 e. The normalized spacial score (nSPS) is 20.2. The number of amides is 2. The summed E-state index contributed by atoms with van der Waals surface area (Å²) in [5.41, 5.74) is 1.25. The lowest BCUT2D eigenvalue weighted by Gasteiger charge is -2.28. The van der Waals surface area contributed by atoms with Crippen molar-refractivity contribution in [2.75, 3.05) is 13.7 Å². The predicted octanol–water partition coefficient (Wildman–Crippen LogP) is 4.65. The molecule has 1 saturated heterocycles. The van der Waals surface area contributed by atoms with Crippen molar-refractivity contribution in [2.24, 2.45) is 0 Å². The van der Waals surface area contributed by atoms with Gasteiger partial charge in [-0.25, -0.2) is 13.6 Å². The number of methoxy groups -OCH3 is 1. The minimum absolute atomic E-state index is 0.0998. The number of alkyl carbamates (subject to hydrolysis) is 1. The average molecular weight is 534 g/mol. The van der Waals surface area contributed by atoms with E-state index in [1.54, 1.807) is 41.1 Å². The Bertz CT molecular complexity index is 1350. The maximum Gasteiger partial charge on any atom is 0.409 e. The Labute approximate surface area is 217 Å². The van der Waals surface area contributed by atoms with E-state index in [4.69, 9.17) is 21.1 Å². The molecule has 11 heteroatoms. The molecule has 1 aliphatic heterocycles. The molecule has 1 fully saturated rings. The van der Waals surface area contributed by atoms with E-state index < -0.39 is 42.4 Å². The van der Waals surface area contributed by atoms with Crippen molar-refractivity contribution < 1.29 is 32.6 Å². The van der Waals surface area contributed by atoms with E-state index in [2.05, 4.69) is 5.32 Å².